The van der Waals surface area contributed by atoms with Gasteiger partial charge in [-0.15, -0.1) is 13.2 Å². The number of nitrogens with one attached hydrogen (secondary N) is 2. The van der Waals surface area contributed by atoms with E-state index in [4.69, 9.17) is 4.79 Å². The van der Waals surface area contributed by atoms with Crippen LogP contribution in [-0.4, -0.2) is 47.2 Å². The van der Waals surface area contributed by atoms with E-state index in [1.165, 1.54) is 0 Å². The smallest absolute Gasteiger partial charge is 0.251 e. The van der Waals surface area contributed by atoms with Gasteiger partial charge in [-0.3, -0.25) is 9.69 Å². The molecule has 3 aromatic rings. The Kier molecular flexibility index (Phi) is 22.5. The molecule has 0 radical (unpaired) electrons. The lowest BCUT2D eigenvalue weighted by molar-refractivity contribution is -0.0980. The summed E-state index contributed by atoms with van der Waals surface area (Å²) in [7, 11) is 2.04. The molecule has 1 amide bonds. The van der Waals surface area contributed by atoms with Crippen LogP contribution in [0, 0.1) is 13.8 Å². The fourth-order valence-electron chi connectivity index (χ4n) is 3.10. The van der Waals surface area contributed by atoms with Gasteiger partial charge in [-0.05, 0) is 62.7 Å². The van der Waals surface area contributed by atoms with Crippen LogP contribution >= 0.6 is 12.1 Å². The number of rotatable bonds is 8. The number of likely N-dealkylation sites (N-methyl/N-ethyl adjacent to an activating group) is 1. The Labute approximate surface area is 227 Å². The van der Waals surface area contributed by atoms with Crippen molar-refractivity contribution in [2.24, 2.45) is 0 Å². The Morgan fingerprint density at radius 3 is 2.22 bits per heavy atom. The van der Waals surface area contributed by atoms with Crippen LogP contribution in [-0.2, 0) is 11.3 Å². The van der Waals surface area contributed by atoms with E-state index in [9.17, 15) is 8.68 Å². The van der Waals surface area contributed by atoms with Crippen molar-refractivity contribution in [3.05, 3.63) is 96.6 Å². The van der Waals surface area contributed by atoms with E-state index in [-0.39, 0.29) is 24.1 Å². The SMILES string of the molecule is C=C.C=O.CC.CCC(CNC(=O)c1ccccc1)N(C)Cc1cc(SF)ccc1C.Cc1cnc[nH]1. The van der Waals surface area contributed by atoms with Gasteiger partial charge in [0.1, 0.15) is 6.79 Å². The molecule has 0 spiro atoms. The third-order valence-electron chi connectivity index (χ3n) is 5.09. The van der Waals surface area contributed by atoms with Crippen molar-refractivity contribution in [3.8, 4) is 0 Å². The van der Waals surface area contributed by atoms with Crippen LogP contribution in [0.25, 0.3) is 0 Å². The van der Waals surface area contributed by atoms with E-state index in [0.29, 0.717) is 17.0 Å². The van der Waals surface area contributed by atoms with Crippen molar-refractivity contribution in [1.29, 1.82) is 0 Å². The first-order chi connectivity index (χ1) is 17.9. The fraction of sp³-hybridized carbons (Fsp3) is 0.345. The third-order valence-corrected chi connectivity index (χ3v) is 5.53. The molecule has 1 atom stereocenters. The third kappa shape index (κ3) is 14.8. The lowest BCUT2D eigenvalue weighted by Crippen LogP contribution is -2.41. The molecule has 0 bridgehead atoms. The van der Waals surface area contributed by atoms with Gasteiger partial charge in [0.15, 0.2) is 0 Å². The lowest BCUT2D eigenvalue weighted by Gasteiger charge is -2.28. The van der Waals surface area contributed by atoms with Crippen LogP contribution in [0.3, 0.4) is 0 Å². The normalized spacial score (nSPS) is 10.1. The summed E-state index contributed by atoms with van der Waals surface area (Å²) in [6.07, 6.45) is 4.36. The number of hydrogen-bond donors (Lipinski definition) is 2. The molecule has 8 heteroatoms. The highest BCUT2D eigenvalue weighted by Crippen LogP contribution is 2.23. The van der Waals surface area contributed by atoms with E-state index in [0.717, 1.165) is 29.8 Å². The largest absolute Gasteiger partial charge is 0.350 e. The first-order valence-corrected chi connectivity index (χ1v) is 12.8. The van der Waals surface area contributed by atoms with Crippen LogP contribution in [0.15, 0.2) is 79.1 Å². The average Bonchev–Trinajstić information content (AvgIpc) is 3.45. The number of amides is 1. The number of aryl methyl sites for hydroxylation is 2. The molecule has 1 aromatic heterocycles. The molecule has 0 fully saturated rings. The average molecular weight is 531 g/mol. The summed E-state index contributed by atoms with van der Waals surface area (Å²) < 4.78 is 12.8. The molecule has 0 aliphatic rings. The number of imidazole rings is 1. The zero-order valence-electron chi connectivity index (χ0n) is 23.1. The molecule has 1 unspecified atom stereocenters. The second-order valence-corrected chi connectivity index (χ2v) is 8.08. The topological polar surface area (TPSA) is 78.1 Å². The molecule has 1 heterocycles. The maximum absolute atomic E-state index is 12.8. The Hall–Kier alpha value is -3.23. The number of nitrogens with zero attached hydrogens (tertiary/aromatic N) is 2. The minimum atomic E-state index is -0.0561. The summed E-state index contributed by atoms with van der Waals surface area (Å²) in [4.78, 5) is 29.7. The van der Waals surface area contributed by atoms with Crippen molar-refractivity contribution in [2.75, 3.05) is 13.6 Å². The molecular formula is C29H43FN4O2S. The van der Waals surface area contributed by atoms with Crippen molar-refractivity contribution >= 4 is 24.8 Å². The summed E-state index contributed by atoms with van der Waals surface area (Å²) in [5.41, 5.74) is 4.03. The molecule has 3 rings (SSSR count). The second-order valence-electron chi connectivity index (χ2n) is 7.45. The molecule has 2 N–H and O–H groups in total. The Morgan fingerprint density at radius 1 is 1.14 bits per heavy atom. The van der Waals surface area contributed by atoms with Crippen LogP contribution < -0.4 is 5.32 Å². The van der Waals surface area contributed by atoms with E-state index in [1.54, 1.807) is 18.6 Å². The summed E-state index contributed by atoms with van der Waals surface area (Å²) in [5, 5.41) is 3.01. The zero-order chi connectivity index (χ0) is 28.6. The lowest BCUT2D eigenvalue weighted by atomic mass is 10.1. The summed E-state index contributed by atoms with van der Waals surface area (Å²) in [6.45, 7) is 19.4. The monoisotopic (exact) mass is 530 g/mol. The van der Waals surface area contributed by atoms with Gasteiger partial charge in [-0.2, -0.15) is 3.89 Å². The summed E-state index contributed by atoms with van der Waals surface area (Å²) >= 11 is 0.269. The van der Waals surface area contributed by atoms with Gasteiger partial charge in [0.2, 0.25) is 0 Å². The molecule has 0 aliphatic carbocycles. The van der Waals surface area contributed by atoms with Gasteiger partial charge in [0, 0.05) is 41.5 Å². The number of carbonyl (C=O) groups is 2. The first-order valence-electron chi connectivity index (χ1n) is 12.1. The van der Waals surface area contributed by atoms with Crippen molar-refractivity contribution in [2.45, 2.75) is 58.5 Å². The van der Waals surface area contributed by atoms with Gasteiger partial charge >= 0.3 is 0 Å². The predicted octanol–water partition coefficient (Wildman–Crippen LogP) is 6.97. The zero-order valence-corrected chi connectivity index (χ0v) is 23.9. The number of carbonyl (C=O) groups excluding carboxylic acids is 2. The maximum Gasteiger partial charge on any atom is 0.251 e. The van der Waals surface area contributed by atoms with Crippen LogP contribution in [0.4, 0.5) is 3.89 Å². The molecule has 0 saturated heterocycles. The Balaban J connectivity index is 0. The van der Waals surface area contributed by atoms with E-state index < -0.39 is 0 Å². The standard InChI is InChI=1S/C20H25FN2OS.C4H6N2.C2H6.C2H4.CH2O/c1-4-18(13-22-20(24)16-8-6-5-7-9-16)23(3)14-17-12-19(25-21)11-10-15(17)2;1-4-2-5-3-6-4;3*1-2/h5-12,18H,4,13-14H2,1-3H3,(H,22,24);2-3H,1H3,(H,5,6);1-2H3;1-2H2;1H2. The van der Waals surface area contributed by atoms with E-state index in [1.807, 2.05) is 84.0 Å². The minimum absolute atomic E-state index is 0.0561. The highest BCUT2D eigenvalue weighted by atomic mass is 32.2. The maximum atomic E-state index is 12.8. The van der Waals surface area contributed by atoms with Gasteiger partial charge < -0.3 is 15.1 Å². The summed E-state index contributed by atoms with van der Waals surface area (Å²) in [6, 6.07) is 15.1. The molecule has 37 heavy (non-hydrogen) atoms. The van der Waals surface area contributed by atoms with Crippen LogP contribution in [0.1, 0.15) is 54.4 Å². The molecule has 204 valence electrons. The highest BCUT2D eigenvalue weighted by molar-refractivity contribution is 7.94. The van der Waals surface area contributed by atoms with Crippen LogP contribution in [0.5, 0.6) is 0 Å². The van der Waals surface area contributed by atoms with Gasteiger partial charge in [0.25, 0.3) is 5.91 Å². The van der Waals surface area contributed by atoms with E-state index >= 15 is 0 Å². The highest BCUT2D eigenvalue weighted by Gasteiger charge is 2.16. The predicted molar refractivity (Wildman–Crippen MR) is 156 cm³/mol. The number of halogens is 1. The molecule has 0 aliphatic heterocycles. The van der Waals surface area contributed by atoms with Crippen LogP contribution in [0.2, 0.25) is 0 Å². The Morgan fingerprint density at radius 2 is 1.76 bits per heavy atom. The Bertz CT molecular complexity index is 954. The molecule has 6 nitrogen and oxygen atoms in total. The quantitative estimate of drug-likeness (QED) is 0.307. The van der Waals surface area contributed by atoms with E-state index in [2.05, 4.69) is 40.3 Å². The number of aromatic amines is 1. The molecular weight excluding hydrogens is 487 g/mol. The van der Waals surface area contributed by atoms with Gasteiger partial charge in [-0.25, -0.2) is 4.98 Å². The number of benzene rings is 2. The van der Waals surface area contributed by atoms with Gasteiger partial charge in [0.05, 0.1) is 18.5 Å². The number of aromatic nitrogens is 2. The first kappa shape index (κ1) is 35.9. The van der Waals surface area contributed by atoms with Crippen molar-refractivity contribution < 1.29 is 13.5 Å². The minimum Gasteiger partial charge on any atom is -0.350 e. The van der Waals surface area contributed by atoms with Gasteiger partial charge in [-0.1, -0.05) is 45.0 Å². The second kappa shape index (κ2) is 23.2. The molecule has 2 aromatic carbocycles. The number of hydrogen-bond acceptors (Lipinski definition) is 5. The molecule has 0 saturated carbocycles. The summed E-state index contributed by atoms with van der Waals surface area (Å²) in [5.74, 6) is -0.0561. The number of H-pyrrole nitrogens is 1. The fourth-order valence-corrected chi connectivity index (χ4v) is 3.41. The van der Waals surface area contributed by atoms with Crippen molar-refractivity contribution in [1.82, 2.24) is 20.2 Å². The van der Waals surface area contributed by atoms with Crippen molar-refractivity contribution in [3.63, 3.8) is 0 Å².